The summed E-state index contributed by atoms with van der Waals surface area (Å²) in [6, 6.07) is 4.78. The Kier molecular flexibility index (Phi) is 6.72. The van der Waals surface area contributed by atoms with Crippen LogP contribution >= 0.6 is 0 Å². The number of amides is 1. The lowest BCUT2D eigenvalue weighted by Crippen LogP contribution is -2.47. The standard InChI is InChI=1S/C24H36N4O3/c29-24(28-14-16-30-17-15-28)23-5-4-20(18-25-23)27-12-8-22(9-13-27)31-21-6-10-26(11-7-21)19-2-1-3-19/h4-5,18-19,21-22H,1-3,6-17H2. The molecule has 7 nitrogen and oxygen atoms in total. The summed E-state index contributed by atoms with van der Waals surface area (Å²) in [5.41, 5.74) is 1.63. The molecule has 5 rings (SSSR count). The lowest BCUT2D eigenvalue weighted by molar-refractivity contribution is -0.0598. The molecular formula is C24H36N4O3. The Morgan fingerprint density at radius 3 is 2.16 bits per heavy atom. The molecule has 1 amide bonds. The lowest BCUT2D eigenvalue weighted by Gasteiger charge is -2.43. The number of pyridine rings is 1. The van der Waals surface area contributed by atoms with Crippen LogP contribution in [0.2, 0.25) is 0 Å². The maximum absolute atomic E-state index is 12.6. The summed E-state index contributed by atoms with van der Waals surface area (Å²) in [6.07, 6.45) is 11.4. The van der Waals surface area contributed by atoms with Gasteiger partial charge in [0.25, 0.3) is 5.91 Å². The summed E-state index contributed by atoms with van der Waals surface area (Å²) < 4.78 is 11.8. The van der Waals surface area contributed by atoms with E-state index in [1.54, 1.807) is 0 Å². The van der Waals surface area contributed by atoms with Crippen LogP contribution in [0.3, 0.4) is 0 Å². The molecule has 170 valence electrons. The molecular weight excluding hydrogens is 392 g/mol. The van der Waals surface area contributed by atoms with Crippen molar-refractivity contribution in [3.05, 3.63) is 24.0 Å². The molecule has 0 bridgehead atoms. The number of likely N-dealkylation sites (tertiary alicyclic amines) is 1. The number of hydrogen-bond acceptors (Lipinski definition) is 6. The summed E-state index contributed by atoms with van der Waals surface area (Å²) in [5.74, 6) is 0.00492. The van der Waals surface area contributed by atoms with Crippen molar-refractivity contribution in [2.24, 2.45) is 0 Å². The van der Waals surface area contributed by atoms with E-state index >= 15 is 0 Å². The Morgan fingerprint density at radius 1 is 0.903 bits per heavy atom. The SMILES string of the molecule is O=C(c1ccc(N2CCC(OC3CCN(C4CCC4)CC3)CC2)cn1)N1CCOCC1. The van der Waals surface area contributed by atoms with Crippen LogP contribution in [0.4, 0.5) is 5.69 Å². The van der Waals surface area contributed by atoms with Crippen molar-refractivity contribution >= 4 is 11.6 Å². The van der Waals surface area contributed by atoms with E-state index in [-0.39, 0.29) is 5.91 Å². The molecule has 0 atom stereocenters. The van der Waals surface area contributed by atoms with E-state index in [0.29, 0.717) is 44.2 Å². The van der Waals surface area contributed by atoms with E-state index in [2.05, 4.69) is 14.8 Å². The van der Waals surface area contributed by atoms with Crippen molar-refractivity contribution in [1.82, 2.24) is 14.8 Å². The molecule has 0 spiro atoms. The second kappa shape index (κ2) is 9.84. The first kappa shape index (κ1) is 21.2. The zero-order valence-electron chi connectivity index (χ0n) is 18.6. The van der Waals surface area contributed by atoms with Crippen LogP contribution in [-0.4, -0.2) is 91.4 Å². The Hall–Kier alpha value is -1.70. The summed E-state index contributed by atoms with van der Waals surface area (Å²) in [6.45, 7) is 6.94. The number of ether oxygens (including phenoxy) is 2. The lowest BCUT2D eigenvalue weighted by atomic mass is 9.89. The number of piperidine rings is 2. The van der Waals surface area contributed by atoms with Crippen molar-refractivity contribution in [2.75, 3.05) is 57.4 Å². The molecule has 4 aliphatic rings. The number of carbonyl (C=O) groups excluding carboxylic acids is 1. The van der Waals surface area contributed by atoms with Crippen LogP contribution in [0.5, 0.6) is 0 Å². The molecule has 1 aromatic heterocycles. The van der Waals surface area contributed by atoms with Gasteiger partial charge in [0.1, 0.15) is 5.69 Å². The van der Waals surface area contributed by atoms with Crippen LogP contribution in [0.15, 0.2) is 18.3 Å². The molecule has 0 N–H and O–H groups in total. The number of rotatable bonds is 5. The van der Waals surface area contributed by atoms with E-state index < -0.39 is 0 Å². The van der Waals surface area contributed by atoms with Gasteiger partial charge in [-0.3, -0.25) is 4.79 Å². The van der Waals surface area contributed by atoms with Gasteiger partial charge in [0, 0.05) is 45.3 Å². The van der Waals surface area contributed by atoms with E-state index in [4.69, 9.17) is 9.47 Å². The van der Waals surface area contributed by atoms with E-state index in [0.717, 1.165) is 37.7 Å². The monoisotopic (exact) mass is 428 g/mol. The minimum atomic E-state index is 0.00492. The Morgan fingerprint density at radius 2 is 1.58 bits per heavy atom. The van der Waals surface area contributed by atoms with Crippen LogP contribution in [0.25, 0.3) is 0 Å². The average molecular weight is 429 g/mol. The highest BCUT2D eigenvalue weighted by molar-refractivity contribution is 5.92. The number of aromatic nitrogens is 1. The molecule has 1 saturated carbocycles. The van der Waals surface area contributed by atoms with Gasteiger partial charge in [-0.15, -0.1) is 0 Å². The molecule has 0 aromatic carbocycles. The van der Waals surface area contributed by atoms with Gasteiger partial charge in [-0.05, 0) is 50.7 Å². The van der Waals surface area contributed by atoms with Gasteiger partial charge in [-0.25, -0.2) is 4.98 Å². The summed E-state index contributed by atoms with van der Waals surface area (Å²) in [7, 11) is 0. The summed E-state index contributed by atoms with van der Waals surface area (Å²) in [4.78, 5) is 23.9. The second-order valence-electron chi connectivity index (χ2n) is 9.45. The maximum Gasteiger partial charge on any atom is 0.272 e. The zero-order valence-corrected chi connectivity index (χ0v) is 18.6. The smallest absolute Gasteiger partial charge is 0.272 e. The van der Waals surface area contributed by atoms with Crippen LogP contribution in [0, 0.1) is 0 Å². The molecule has 3 saturated heterocycles. The van der Waals surface area contributed by atoms with Gasteiger partial charge in [-0.1, -0.05) is 6.42 Å². The van der Waals surface area contributed by atoms with Crippen molar-refractivity contribution in [2.45, 2.75) is 63.2 Å². The zero-order chi connectivity index (χ0) is 21.0. The first-order chi connectivity index (χ1) is 15.3. The molecule has 3 aliphatic heterocycles. The summed E-state index contributed by atoms with van der Waals surface area (Å²) in [5, 5.41) is 0. The van der Waals surface area contributed by atoms with E-state index in [9.17, 15) is 4.79 Å². The third-order valence-corrected chi connectivity index (χ3v) is 7.52. The van der Waals surface area contributed by atoms with E-state index in [1.807, 2.05) is 23.2 Å². The minimum Gasteiger partial charge on any atom is -0.378 e. The van der Waals surface area contributed by atoms with Crippen LogP contribution in [-0.2, 0) is 9.47 Å². The van der Waals surface area contributed by atoms with Gasteiger partial charge >= 0.3 is 0 Å². The molecule has 4 fully saturated rings. The number of nitrogens with zero attached hydrogens (tertiary/aromatic N) is 4. The number of carbonyl (C=O) groups is 1. The number of anilines is 1. The molecule has 31 heavy (non-hydrogen) atoms. The van der Waals surface area contributed by atoms with Gasteiger partial charge in [-0.2, -0.15) is 0 Å². The molecule has 0 radical (unpaired) electrons. The Balaban J connectivity index is 1.06. The fourth-order valence-corrected chi connectivity index (χ4v) is 5.28. The maximum atomic E-state index is 12.6. The highest BCUT2D eigenvalue weighted by Gasteiger charge is 2.31. The van der Waals surface area contributed by atoms with Gasteiger partial charge in [0.05, 0.1) is 37.3 Å². The molecule has 1 aromatic rings. The van der Waals surface area contributed by atoms with Crippen LogP contribution in [0.1, 0.15) is 55.4 Å². The van der Waals surface area contributed by atoms with Crippen molar-refractivity contribution in [3.8, 4) is 0 Å². The Labute approximate surface area is 185 Å². The van der Waals surface area contributed by atoms with Crippen molar-refractivity contribution in [1.29, 1.82) is 0 Å². The number of hydrogen-bond donors (Lipinski definition) is 0. The van der Waals surface area contributed by atoms with E-state index in [1.165, 1.54) is 45.2 Å². The van der Waals surface area contributed by atoms with Gasteiger partial charge in [0.15, 0.2) is 0 Å². The third kappa shape index (κ3) is 5.04. The van der Waals surface area contributed by atoms with Gasteiger partial charge in [0.2, 0.25) is 0 Å². The largest absolute Gasteiger partial charge is 0.378 e. The number of morpholine rings is 1. The second-order valence-corrected chi connectivity index (χ2v) is 9.45. The minimum absolute atomic E-state index is 0.00492. The van der Waals surface area contributed by atoms with Crippen molar-refractivity contribution in [3.63, 3.8) is 0 Å². The molecule has 1 aliphatic carbocycles. The predicted octanol–water partition coefficient (Wildman–Crippen LogP) is 2.56. The normalized spacial score (nSPS) is 24.9. The fraction of sp³-hybridized carbons (Fsp3) is 0.750. The molecule has 0 unspecified atom stereocenters. The first-order valence-electron chi connectivity index (χ1n) is 12.2. The topological polar surface area (TPSA) is 58.1 Å². The predicted molar refractivity (Wildman–Crippen MR) is 120 cm³/mol. The molecule has 7 heteroatoms. The van der Waals surface area contributed by atoms with Crippen LogP contribution < -0.4 is 4.90 Å². The highest BCUT2D eigenvalue weighted by Crippen LogP contribution is 2.29. The average Bonchev–Trinajstić information content (AvgIpc) is 2.80. The quantitative estimate of drug-likeness (QED) is 0.719. The third-order valence-electron chi connectivity index (χ3n) is 7.52. The Bertz CT molecular complexity index is 717. The highest BCUT2D eigenvalue weighted by atomic mass is 16.5. The fourth-order valence-electron chi connectivity index (χ4n) is 5.28. The van der Waals surface area contributed by atoms with Gasteiger partial charge < -0.3 is 24.2 Å². The first-order valence-corrected chi connectivity index (χ1v) is 12.2. The summed E-state index contributed by atoms with van der Waals surface area (Å²) >= 11 is 0. The van der Waals surface area contributed by atoms with Crippen molar-refractivity contribution < 1.29 is 14.3 Å². The molecule has 4 heterocycles.